The van der Waals surface area contributed by atoms with Crippen LogP contribution in [0, 0.1) is 6.92 Å². The molecule has 1 rings (SSSR count). The smallest absolute Gasteiger partial charge is 0.191 e. The van der Waals surface area contributed by atoms with Crippen molar-refractivity contribution in [2.75, 3.05) is 33.9 Å². The van der Waals surface area contributed by atoms with Crippen LogP contribution in [0.3, 0.4) is 0 Å². The maximum absolute atomic E-state index is 4.98. The van der Waals surface area contributed by atoms with Crippen LogP contribution in [0.5, 0.6) is 0 Å². The van der Waals surface area contributed by atoms with Gasteiger partial charge in [0.15, 0.2) is 5.96 Å². The highest BCUT2D eigenvalue weighted by Gasteiger charge is 1.98. The average molecular weight is 395 g/mol. The molecule has 0 atom stereocenters. The first-order valence-corrected chi connectivity index (χ1v) is 6.69. The molecule has 0 fully saturated rings. The predicted octanol–water partition coefficient (Wildman–Crippen LogP) is 1.40. The Kier molecular flexibility index (Phi) is 11.5. The van der Waals surface area contributed by atoms with Crippen molar-refractivity contribution in [1.82, 2.24) is 20.2 Å². The van der Waals surface area contributed by atoms with Crippen molar-refractivity contribution in [3.05, 3.63) is 18.2 Å². The second kappa shape index (κ2) is 12.0. The van der Waals surface area contributed by atoms with Crippen molar-refractivity contribution in [3.63, 3.8) is 0 Å². The number of hydrogen-bond donors (Lipinski definition) is 2. The SMILES string of the molecule is CN=C(NCCCCn1ccnc1C)NCCOC.I. The quantitative estimate of drug-likeness (QED) is 0.302. The molecule has 1 heterocycles. The molecule has 6 nitrogen and oxygen atoms in total. The molecule has 20 heavy (non-hydrogen) atoms. The maximum Gasteiger partial charge on any atom is 0.191 e. The minimum Gasteiger partial charge on any atom is -0.383 e. The van der Waals surface area contributed by atoms with Gasteiger partial charge in [-0.05, 0) is 19.8 Å². The molecule has 0 unspecified atom stereocenters. The van der Waals surface area contributed by atoms with Gasteiger partial charge in [-0.3, -0.25) is 4.99 Å². The summed E-state index contributed by atoms with van der Waals surface area (Å²) in [6.07, 6.45) is 6.09. The number of unbranched alkanes of at least 4 members (excludes halogenated alkanes) is 1. The molecular weight excluding hydrogens is 369 g/mol. The summed E-state index contributed by atoms with van der Waals surface area (Å²) in [5.41, 5.74) is 0. The number of methoxy groups -OCH3 is 1. The molecule has 0 bridgehead atoms. The molecule has 7 heteroatoms. The highest BCUT2D eigenvalue weighted by molar-refractivity contribution is 14.0. The number of aromatic nitrogens is 2. The zero-order valence-electron chi connectivity index (χ0n) is 12.6. The summed E-state index contributed by atoms with van der Waals surface area (Å²) >= 11 is 0. The van der Waals surface area contributed by atoms with E-state index >= 15 is 0 Å². The standard InChI is InChI=1S/C13H25N5O.HI/c1-12-15-7-10-18(12)9-5-4-6-16-13(14-2)17-8-11-19-3;/h7,10H,4-6,8-9,11H2,1-3H3,(H2,14,16,17);1H. The second-order valence-corrected chi connectivity index (χ2v) is 4.29. The summed E-state index contributed by atoms with van der Waals surface area (Å²) in [6, 6.07) is 0. The van der Waals surface area contributed by atoms with Gasteiger partial charge in [-0.1, -0.05) is 0 Å². The number of aryl methyl sites for hydroxylation is 2. The lowest BCUT2D eigenvalue weighted by Gasteiger charge is -2.11. The van der Waals surface area contributed by atoms with Crippen LogP contribution in [0.25, 0.3) is 0 Å². The van der Waals surface area contributed by atoms with Crippen molar-refractivity contribution in [2.24, 2.45) is 4.99 Å². The molecule has 0 aliphatic rings. The van der Waals surface area contributed by atoms with Crippen LogP contribution in [0.2, 0.25) is 0 Å². The van der Waals surface area contributed by atoms with Crippen LogP contribution < -0.4 is 10.6 Å². The Labute approximate surface area is 138 Å². The molecule has 1 aromatic heterocycles. The lowest BCUT2D eigenvalue weighted by molar-refractivity contribution is 0.203. The summed E-state index contributed by atoms with van der Waals surface area (Å²) < 4.78 is 7.15. The number of ether oxygens (including phenoxy) is 1. The number of rotatable bonds is 8. The van der Waals surface area contributed by atoms with Crippen molar-refractivity contribution >= 4 is 29.9 Å². The van der Waals surface area contributed by atoms with Crippen LogP contribution in [0.1, 0.15) is 18.7 Å². The van der Waals surface area contributed by atoms with Gasteiger partial charge in [0, 0.05) is 46.2 Å². The van der Waals surface area contributed by atoms with E-state index in [4.69, 9.17) is 4.74 Å². The minimum atomic E-state index is 0. The van der Waals surface area contributed by atoms with Gasteiger partial charge in [-0.25, -0.2) is 4.98 Å². The van der Waals surface area contributed by atoms with Gasteiger partial charge in [0.05, 0.1) is 6.61 Å². The molecule has 116 valence electrons. The number of aliphatic imine (C=N–C) groups is 1. The summed E-state index contributed by atoms with van der Waals surface area (Å²) in [4.78, 5) is 8.35. The molecule has 0 aliphatic heterocycles. The van der Waals surface area contributed by atoms with Crippen LogP contribution in [0.4, 0.5) is 0 Å². The van der Waals surface area contributed by atoms with E-state index in [9.17, 15) is 0 Å². The fraction of sp³-hybridized carbons (Fsp3) is 0.692. The lowest BCUT2D eigenvalue weighted by atomic mass is 10.3. The van der Waals surface area contributed by atoms with Gasteiger partial charge in [0.2, 0.25) is 0 Å². The first kappa shape index (κ1) is 19.2. The molecule has 0 saturated heterocycles. The van der Waals surface area contributed by atoms with Crippen LogP contribution in [-0.2, 0) is 11.3 Å². The van der Waals surface area contributed by atoms with Crippen LogP contribution in [-0.4, -0.2) is 49.4 Å². The van der Waals surface area contributed by atoms with E-state index in [1.54, 1.807) is 14.2 Å². The van der Waals surface area contributed by atoms with Crippen molar-refractivity contribution in [3.8, 4) is 0 Å². The fourth-order valence-corrected chi connectivity index (χ4v) is 1.75. The van der Waals surface area contributed by atoms with Gasteiger partial charge in [0.25, 0.3) is 0 Å². The largest absolute Gasteiger partial charge is 0.383 e. The van der Waals surface area contributed by atoms with E-state index in [2.05, 4.69) is 25.2 Å². The normalized spacial score (nSPS) is 11.1. The Morgan fingerprint density at radius 2 is 2.10 bits per heavy atom. The number of nitrogens with one attached hydrogen (secondary N) is 2. The van der Waals surface area contributed by atoms with Gasteiger partial charge in [-0.15, -0.1) is 24.0 Å². The van der Waals surface area contributed by atoms with E-state index in [0.717, 1.165) is 44.3 Å². The monoisotopic (exact) mass is 395 g/mol. The molecule has 0 spiro atoms. The van der Waals surface area contributed by atoms with Gasteiger partial charge in [0.1, 0.15) is 5.82 Å². The van der Waals surface area contributed by atoms with E-state index < -0.39 is 0 Å². The van der Waals surface area contributed by atoms with E-state index in [0.29, 0.717) is 6.61 Å². The van der Waals surface area contributed by atoms with Gasteiger partial charge >= 0.3 is 0 Å². The Hall–Kier alpha value is -0.830. The number of halogens is 1. The van der Waals surface area contributed by atoms with Crippen molar-refractivity contribution in [2.45, 2.75) is 26.3 Å². The molecule has 0 aliphatic carbocycles. The van der Waals surface area contributed by atoms with Crippen molar-refractivity contribution in [1.29, 1.82) is 0 Å². The minimum absolute atomic E-state index is 0. The van der Waals surface area contributed by atoms with Crippen molar-refractivity contribution < 1.29 is 4.74 Å². The molecule has 2 N–H and O–H groups in total. The summed E-state index contributed by atoms with van der Waals surface area (Å²) in [5, 5.41) is 6.46. The van der Waals surface area contributed by atoms with E-state index in [1.807, 2.05) is 19.3 Å². The average Bonchev–Trinajstić information content (AvgIpc) is 2.82. The second-order valence-electron chi connectivity index (χ2n) is 4.29. The van der Waals surface area contributed by atoms with Gasteiger partial charge < -0.3 is 19.9 Å². The third kappa shape index (κ3) is 7.68. The Morgan fingerprint density at radius 3 is 2.70 bits per heavy atom. The topological polar surface area (TPSA) is 63.5 Å². The molecule has 0 amide bonds. The molecule has 0 radical (unpaired) electrons. The van der Waals surface area contributed by atoms with Crippen LogP contribution >= 0.6 is 24.0 Å². The lowest BCUT2D eigenvalue weighted by Crippen LogP contribution is -2.39. The number of hydrogen-bond acceptors (Lipinski definition) is 3. The van der Waals surface area contributed by atoms with E-state index in [-0.39, 0.29) is 24.0 Å². The summed E-state index contributed by atoms with van der Waals surface area (Å²) in [6.45, 7) is 5.41. The highest BCUT2D eigenvalue weighted by atomic mass is 127. The third-order valence-electron chi connectivity index (χ3n) is 2.86. The molecule has 0 saturated carbocycles. The zero-order valence-corrected chi connectivity index (χ0v) is 14.9. The molecule has 0 aromatic carbocycles. The fourth-order valence-electron chi connectivity index (χ4n) is 1.75. The highest BCUT2D eigenvalue weighted by Crippen LogP contribution is 1.99. The Balaban J connectivity index is 0.00000361. The first-order chi connectivity index (χ1) is 9.27. The zero-order chi connectivity index (χ0) is 13.9. The summed E-state index contributed by atoms with van der Waals surface area (Å²) in [7, 11) is 3.47. The number of imidazole rings is 1. The predicted molar refractivity (Wildman–Crippen MR) is 92.9 cm³/mol. The maximum atomic E-state index is 4.98. The third-order valence-corrected chi connectivity index (χ3v) is 2.86. The van der Waals surface area contributed by atoms with E-state index in [1.165, 1.54) is 0 Å². The number of nitrogens with zero attached hydrogens (tertiary/aromatic N) is 3. The molecule has 1 aromatic rings. The Morgan fingerprint density at radius 1 is 1.35 bits per heavy atom. The van der Waals surface area contributed by atoms with Crippen LogP contribution in [0.15, 0.2) is 17.4 Å². The van der Waals surface area contributed by atoms with Gasteiger partial charge in [-0.2, -0.15) is 0 Å². The number of guanidine groups is 1. The molecular formula is C13H26IN5O. The summed E-state index contributed by atoms with van der Waals surface area (Å²) in [5.74, 6) is 1.90. The first-order valence-electron chi connectivity index (χ1n) is 6.69. The Bertz CT molecular complexity index is 381.